The van der Waals surface area contributed by atoms with Gasteiger partial charge in [-0.15, -0.1) is 0 Å². The van der Waals surface area contributed by atoms with Crippen LogP contribution in [0.15, 0.2) is 0 Å². The lowest BCUT2D eigenvalue weighted by Crippen LogP contribution is -2.49. The molecule has 6 nitrogen and oxygen atoms in total. The Morgan fingerprint density at radius 2 is 1.60 bits per heavy atom. The molecule has 0 aromatic rings. The normalized spacial score (nSPS) is 35.3. The van der Waals surface area contributed by atoms with E-state index in [2.05, 4.69) is 5.32 Å². The van der Waals surface area contributed by atoms with Gasteiger partial charge in [0.15, 0.2) is 6.61 Å². The number of nitrogens with one attached hydrogen (secondary N) is 1. The molecule has 0 aromatic carbocycles. The van der Waals surface area contributed by atoms with Crippen molar-refractivity contribution in [1.29, 1.82) is 0 Å². The maximum Gasteiger partial charge on any atom is 0.310 e. The van der Waals surface area contributed by atoms with Gasteiger partial charge in [-0.25, -0.2) is 0 Å². The molecule has 0 radical (unpaired) electrons. The predicted octanol–water partition coefficient (Wildman–Crippen LogP) is 1.34. The van der Waals surface area contributed by atoms with E-state index < -0.39 is 0 Å². The van der Waals surface area contributed by atoms with Crippen LogP contribution in [-0.2, 0) is 19.1 Å². The minimum atomic E-state index is -0.317. The van der Waals surface area contributed by atoms with Gasteiger partial charge in [-0.05, 0) is 68.6 Å². The average molecular weight is 348 g/mol. The van der Waals surface area contributed by atoms with Crippen molar-refractivity contribution in [2.24, 2.45) is 29.6 Å². The van der Waals surface area contributed by atoms with Gasteiger partial charge in [0.1, 0.15) is 0 Å². The molecule has 5 aliphatic carbocycles. The number of amides is 2. The quantitative estimate of drug-likeness (QED) is 0.735. The van der Waals surface area contributed by atoms with Crippen molar-refractivity contribution in [2.45, 2.75) is 51.0 Å². The van der Waals surface area contributed by atoms with E-state index in [1.165, 1.54) is 11.3 Å². The third-order valence-corrected chi connectivity index (χ3v) is 6.59. The maximum atomic E-state index is 12.6. The molecule has 5 aliphatic rings. The molecule has 2 amide bonds. The summed E-state index contributed by atoms with van der Waals surface area (Å²) in [4.78, 5) is 37.8. The second kappa shape index (κ2) is 6.61. The van der Waals surface area contributed by atoms with Crippen LogP contribution >= 0.6 is 0 Å². The molecule has 0 aromatic heterocycles. The molecule has 0 unspecified atom stereocenters. The molecule has 0 spiro atoms. The van der Waals surface area contributed by atoms with Crippen molar-refractivity contribution in [3.8, 4) is 0 Å². The highest BCUT2D eigenvalue weighted by atomic mass is 16.5. The summed E-state index contributed by atoms with van der Waals surface area (Å²) in [6.45, 7) is -0.236. The number of carbonyl (C=O) groups excluding carboxylic acids is 3. The summed E-state index contributed by atoms with van der Waals surface area (Å²) in [5.41, 5.74) is 0. The Labute approximate surface area is 148 Å². The first-order valence-corrected chi connectivity index (χ1v) is 9.69. The molecule has 5 fully saturated rings. The Bertz CT molecular complexity index is 544. The van der Waals surface area contributed by atoms with Crippen molar-refractivity contribution >= 4 is 17.8 Å². The number of rotatable bonds is 6. The van der Waals surface area contributed by atoms with Gasteiger partial charge in [-0.2, -0.15) is 0 Å². The third-order valence-electron chi connectivity index (χ3n) is 6.59. The standard InChI is InChI=1S/C19H28N2O4/c1-21(9-16(22)20-15-2-3-15)17(23)10-25-19(24)18-13-5-11-4-12(7-13)8-14(18)6-11/h11-15,18H,2-10H2,1H3,(H,20,22). The molecule has 0 heterocycles. The number of hydrogen-bond donors (Lipinski definition) is 1. The molecule has 1 N–H and O–H groups in total. The Balaban J connectivity index is 1.24. The average Bonchev–Trinajstić information content (AvgIpc) is 3.35. The van der Waals surface area contributed by atoms with Crippen LogP contribution < -0.4 is 5.32 Å². The highest BCUT2D eigenvalue weighted by Gasteiger charge is 2.51. The van der Waals surface area contributed by atoms with Gasteiger partial charge < -0.3 is 15.0 Å². The highest BCUT2D eigenvalue weighted by Crippen LogP contribution is 2.56. The minimum Gasteiger partial charge on any atom is -0.455 e. The number of esters is 1. The van der Waals surface area contributed by atoms with Gasteiger partial charge in [0.2, 0.25) is 5.91 Å². The molecule has 5 saturated carbocycles. The van der Waals surface area contributed by atoms with E-state index in [1.807, 2.05) is 0 Å². The van der Waals surface area contributed by atoms with Gasteiger partial charge >= 0.3 is 5.97 Å². The predicted molar refractivity (Wildman–Crippen MR) is 90.3 cm³/mol. The molecular weight excluding hydrogens is 320 g/mol. The monoisotopic (exact) mass is 348 g/mol. The van der Waals surface area contributed by atoms with E-state index in [1.54, 1.807) is 7.05 Å². The molecule has 4 bridgehead atoms. The van der Waals surface area contributed by atoms with Crippen LogP contribution in [0.1, 0.15) is 44.9 Å². The number of hydrogen-bond acceptors (Lipinski definition) is 4. The first kappa shape index (κ1) is 16.9. The molecule has 0 atom stereocenters. The maximum absolute atomic E-state index is 12.6. The second-order valence-electron chi connectivity index (χ2n) is 8.66. The fourth-order valence-corrected chi connectivity index (χ4v) is 5.45. The molecular formula is C19H28N2O4. The summed E-state index contributed by atoms with van der Waals surface area (Å²) in [6, 6.07) is 0.283. The molecule has 25 heavy (non-hydrogen) atoms. The first-order valence-electron chi connectivity index (χ1n) is 9.69. The number of likely N-dealkylation sites (N-methyl/N-ethyl adjacent to an activating group) is 1. The van der Waals surface area contributed by atoms with Crippen molar-refractivity contribution in [2.75, 3.05) is 20.2 Å². The Morgan fingerprint density at radius 1 is 1.00 bits per heavy atom. The molecule has 5 rings (SSSR count). The molecule has 0 saturated heterocycles. The van der Waals surface area contributed by atoms with E-state index in [9.17, 15) is 14.4 Å². The van der Waals surface area contributed by atoms with E-state index in [0.29, 0.717) is 11.8 Å². The van der Waals surface area contributed by atoms with E-state index in [4.69, 9.17) is 4.74 Å². The van der Waals surface area contributed by atoms with Crippen LogP contribution in [0.5, 0.6) is 0 Å². The largest absolute Gasteiger partial charge is 0.455 e. The topological polar surface area (TPSA) is 75.7 Å². The first-order chi connectivity index (χ1) is 12.0. The van der Waals surface area contributed by atoms with E-state index >= 15 is 0 Å². The lowest BCUT2D eigenvalue weighted by Gasteiger charge is -2.53. The van der Waals surface area contributed by atoms with Gasteiger partial charge in [-0.1, -0.05) is 0 Å². The fourth-order valence-electron chi connectivity index (χ4n) is 5.45. The zero-order valence-electron chi connectivity index (χ0n) is 14.9. The molecule has 6 heteroatoms. The summed E-state index contributed by atoms with van der Waals surface area (Å²) in [5, 5.41) is 2.85. The Hall–Kier alpha value is -1.59. The summed E-state index contributed by atoms with van der Waals surface area (Å²) < 4.78 is 5.36. The smallest absolute Gasteiger partial charge is 0.310 e. The summed E-state index contributed by atoms with van der Waals surface area (Å²) in [6.07, 6.45) is 8.01. The van der Waals surface area contributed by atoms with Crippen LogP contribution in [-0.4, -0.2) is 48.9 Å². The van der Waals surface area contributed by atoms with Crippen LogP contribution in [0.2, 0.25) is 0 Å². The van der Waals surface area contributed by atoms with Gasteiger partial charge in [-0.3, -0.25) is 14.4 Å². The van der Waals surface area contributed by atoms with Crippen LogP contribution in [0, 0.1) is 29.6 Å². The zero-order valence-corrected chi connectivity index (χ0v) is 14.9. The number of ether oxygens (including phenoxy) is 1. The lowest BCUT2D eigenvalue weighted by atomic mass is 9.52. The van der Waals surface area contributed by atoms with Crippen LogP contribution in [0.25, 0.3) is 0 Å². The second-order valence-corrected chi connectivity index (χ2v) is 8.66. The van der Waals surface area contributed by atoms with Crippen molar-refractivity contribution < 1.29 is 19.1 Å². The molecule has 138 valence electrons. The number of carbonyl (C=O) groups is 3. The van der Waals surface area contributed by atoms with Crippen molar-refractivity contribution in [3.05, 3.63) is 0 Å². The van der Waals surface area contributed by atoms with Crippen molar-refractivity contribution in [1.82, 2.24) is 10.2 Å². The van der Waals surface area contributed by atoms with Gasteiger partial charge in [0, 0.05) is 13.1 Å². The van der Waals surface area contributed by atoms with Crippen LogP contribution in [0.3, 0.4) is 0 Å². The minimum absolute atomic E-state index is 0.0101. The SMILES string of the molecule is CN(CC(=O)NC1CC1)C(=O)COC(=O)C1C2CC3CC(C2)CC1C3. The van der Waals surface area contributed by atoms with Gasteiger partial charge in [0.05, 0.1) is 12.5 Å². The highest BCUT2D eigenvalue weighted by molar-refractivity contribution is 5.86. The third kappa shape index (κ3) is 3.67. The summed E-state index contributed by atoms with van der Waals surface area (Å²) >= 11 is 0. The summed E-state index contributed by atoms with van der Waals surface area (Å²) in [5.74, 6) is 1.87. The number of nitrogens with zero attached hydrogens (tertiary/aromatic N) is 1. The summed E-state index contributed by atoms with van der Waals surface area (Å²) in [7, 11) is 1.57. The lowest BCUT2D eigenvalue weighted by molar-refractivity contribution is -0.166. The van der Waals surface area contributed by atoms with E-state index in [-0.39, 0.29) is 42.9 Å². The van der Waals surface area contributed by atoms with Gasteiger partial charge in [0.25, 0.3) is 5.91 Å². The fraction of sp³-hybridized carbons (Fsp3) is 0.842. The zero-order chi connectivity index (χ0) is 17.6. The Morgan fingerprint density at radius 3 is 2.16 bits per heavy atom. The van der Waals surface area contributed by atoms with Crippen LogP contribution in [0.4, 0.5) is 0 Å². The Kier molecular flexibility index (Phi) is 4.46. The van der Waals surface area contributed by atoms with E-state index in [0.717, 1.165) is 50.4 Å². The van der Waals surface area contributed by atoms with Crippen molar-refractivity contribution in [3.63, 3.8) is 0 Å². The molecule has 0 aliphatic heterocycles.